The zero-order valence-electron chi connectivity index (χ0n) is 18.3. The molecule has 2 aliphatic rings. The second-order valence-corrected chi connectivity index (χ2v) is 9.33. The third-order valence-corrected chi connectivity index (χ3v) is 6.53. The third-order valence-electron chi connectivity index (χ3n) is 6.53. The lowest BCUT2D eigenvalue weighted by atomic mass is 9.92. The van der Waals surface area contributed by atoms with Crippen molar-refractivity contribution in [3.8, 4) is 11.1 Å². The minimum Gasteiger partial charge on any atom is -0.481 e. The average molecular weight is 437 g/mol. The van der Waals surface area contributed by atoms with E-state index in [9.17, 15) is 19.5 Å². The average Bonchev–Trinajstić information content (AvgIpc) is 3.52. The van der Waals surface area contributed by atoms with Crippen molar-refractivity contribution in [2.24, 2.45) is 10.8 Å². The van der Waals surface area contributed by atoms with Gasteiger partial charge in [0.1, 0.15) is 6.61 Å². The largest absolute Gasteiger partial charge is 0.481 e. The van der Waals surface area contributed by atoms with Crippen LogP contribution >= 0.6 is 0 Å². The number of carboxylic acid groups (broad SMARTS) is 1. The van der Waals surface area contributed by atoms with E-state index in [1.165, 1.54) is 0 Å². The number of hydrogen-bond donors (Lipinski definition) is 3. The van der Waals surface area contributed by atoms with E-state index in [1.807, 2.05) is 24.3 Å². The Bertz CT molecular complexity index is 1010. The molecule has 168 valence electrons. The van der Waals surface area contributed by atoms with Crippen LogP contribution in [-0.4, -0.2) is 42.8 Å². The van der Waals surface area contributed by atoms with Crippen molar-refractivity contribution in [3.63, 3.8) is 0 Å². The Morgan fingerprint density at radius 3 is 2.09 bits per heavy atom. The molecule has 0 unspecified atom stereocenters. The van der Waals surface area contributed by atoms with Crippen LogP contribution in [0.5, 0.6) is 0 Å². The number of benzene rings is 2. The second kappa shape index (κ2) is 8.30. The van der Waals surface area contributed by atoms with Gasteiger partial charge in [-0.1, -0.05) is 48.5 Å². The number of fused-ring (bicyclic) bond motifs is 3. The van der Waals surface area contributed by atoms with Crippen LogP contribution in [0.1, 0.15) is 43.7 Å². The maximum absolute atomic E-state index is 12.5. The third kappa shape index (κ3) is 4.20. The van der Waals surface area contributed by atoms with Crippen LogP contribution < -0.4 is 10.6 Å². The molecular formula is C25H28N2O5. The molecule has 7 heteroatoms. The van der Waals surface area contributed by atoms with Gasteiger partial charge in [-0.05, 0) is 48.9 Å². The first-order valence-electron chi connectivity index (χ1n) is 10.8. The van der Waals surface area contributed by atoms with E-state index in [-0.39, 0.29) is 31.5 Å². The molecule has 32 heavy (non-hydrogen) atoms. The minimum atomic E-state index is -0.903. The fourth-order valence-corrected chi connectivity index (χ4v) is 4.13. The van der Waals surface area contributed by atoms with E-state index in [0.717, 1.165) is 22.3 Å². The summed E-state index contributed by atoms with van der Waals surface area (Å²) in [6.07, 6.45) is 0.555. The molecule has 0 atom stereocenters. The van der Waals surface area contributed by atoms with Gasteiger partial charge in [0, 0.05) is 19.0 Å². The zero-order valence-corrected chi connectivity index (χ0v) is 18.3. The Balaban J connectivity index is 1.30. The molecule has 2 amide bonds. The van der Waals surface area contributed by atoms with Gasteiger partial charge in [-0.3, -0.25) is 9.59 Å². The molecule has 4 rings (SSSR count). The highest BCUT2D eigenvalue weighted by Gasteiger charge is 2.50. The van der Waals surface area contributed by atoms with Crippen molar-refractivity contribution < 1.29 is 24.2 Å². The fraction of sp³-hybridized carbons (Fsp3) is 0.400. The molecule has 0 spiro atoms. The maximum Gasteiger partial charge on any atom is 0.407 e. The smallest absolute Gasteiger partial charge is 0.407 e. The topological polar surface area (TPSA) is 105 Å². The van der Waals surface area contributed by atoms with Crippen molar-refractivity contribution in [2.45, 2.75) is 32.6 Å². The van der Waals surface area contributed by atoms with E-state index >= 15 is 0 Å². The lowest BCUT2D eigenvalue weighted by molar-refractivity contribution is -0.143. The predicted molar refractivity (Wildman–Crippen MR) is 119 cm³/mol. The van der Waals surface area contributed by atoms with Crippen LogP contribution in [0.4, 0.5) is 4.79 Å². The SMILES string of the molecule is CC(C)(CNC(=O)OCC1c2ccccc2-c2ccccc21)C(=O)NCC1(C(=O)O)CC1. The van der Waals surface area contributed by atoms with Gasteiger partial charge in [-0.15, -0.1) is 0 Å². The first-order valence-corrected chi connectivity index (χ1v) is 10.8. The number of aliphatic carboxylic acids is 1. The number of nitrogens with one attached hydrogen (secondary N) is 2. The summed E-state index contributed by atoms with van der Waals surface area (Å²) in [5.74, 6) is -1.22. The molecule has 0 heterocycles. The lowest BCUT2D eigenvalue weighted by Gasteiger charge is -2.25. The molecule has 2 aromatic rings. The van der Waals surface area contributed by atoms with E-state index in [4.69, 9.17) is 4.74 Å². The van der Waals surface area contributed by atoms with Gasteiger partial charge < -0.3 is 20.5 Å². The predicted octanol–water partition coefficient (Wildman–Crippen LogP) is 3.53. The summed E-state index contributed by atoms with van der Waals surface area (Å²) in [6, 6.07) is 16.2. The van der Waals surface area contributed by atoms with Crippen LogP contribution in [0.3, 0.4) is 0 Å². The highest BCUT2D eigenvalue weighted by Crippen LogP contribution is 2.45. The number of alkyl carbamates (subject to hydrolysis) is 1. The molecule has 0 radical (unpaired) electrons. The van der Waals surface area contributed by atoms with Gasteiger partial charge in [-0.25, -0.2) is 4.79 Å². The number of amides is 2. The van der Waals surface area contributed by atoms with Gasteiger partial charge in [-0.2, -0.15) is 0 Å². The second-order valence-electron chi connectivity index (χ2n) is 9.33. The fourth-order valence-electron chi connectivity index (χ4n) is 4.13. The van der Waals surface area contributed by atoms with Gasteiger partial charge in [0.25, 0.3) is 0 Å². The molecule has 0 saturated heterocycles. The maximum atomic E-state index is 12.5. The summed E-state index contributed by atoms with van der Waals surface area (Å²) in [6.45, 7) is 3.79. The Morgan fingerprint density at radius 2 is 1.56 bits per heavy atom. The van der Waals surface area contributed by atoms with Crippen molar-refractivity contribution >= 4 is 18.0 Å². The number of rotatable bonds is 8. The van der Waals surface area contributed by atoms with E-state index < -0.39 is 22.9 Å². The molecule has 2 aromatic carbocycles. The van der Waals surface area contributed by atoms with Crippen molar-refractivity contribution in [2.75, 3.05) is 19.7 Å². The summed E-state index contributed by atoms with van der Waals surface area (Å²) in [7, 11) is 0. The highest BCUT2D eigenvalue weighted by atomic mass is 16.5. The monoisotopic (exact) mass is 436 g/mol. The van der Waals surface area contributed by atoms with Crippen LogP contribution in [0, 0.1) is 10.8 Å². The first kappa shape index (κ1) is 21.9. The minimum absolute atomic E-state index is 0.0322. The number of ether oxygens (including phenoxy) is 1. The highest BCUT2D eigenvalue weighted by molar-refractivity contribution is 5.84. The lowest BCUT2D eigenvalue weighted by Crippen LogP contribution is -2.47. The number of carbonyl (C=O) groups is 3. The Hall–Kier alpha value is -3.35. The first-order chi connectivity index (χ1) is 15.2. The molecule has 0 aromatic heterocycles. The van der Waals surface area contributed by atoms with Gasteiger partial charge >= 0.3 is 12.1 Å². The van der Waals surface area contributed by atoms with Gasteiger partial charge in [0.2, 0.25) is 5.91 Å². The summed E-state index contributed by atoms with van der Waals surface area (Å²) < 4.78 is 5.51. The van der Waals surface area contributed by atoms with Gasteiger partial charge in [0.05, 0.1) is 10.8 Å². The molecule has 3 N–H and O–H groups in total. The molecule has 1 saturated carbocycles. The standard InChI is InChI=1S/C25H28N2O5/c1-24(2,21(28)26-15-25(11-12-25)22(29)30)14-27-23(31)32-13-20-18-9-5-3-7-16(18)17-8-4-6-10-19(17)20/h3-10,20H,11-15H2,1-2H3,(H,26,28)(H,27,31)(H,29,30). The summed E-state index contributed by atoms with van der Waals surface area (Å²) >= 11 is 0. The normalized spacial score (nSPS) is 15.9. The molecule has 0 aliphatic heterocycles. The molecule has 7 nitrogen and oxygen atoms in total. The van der Waals surface area contributed by atoms with Crippen LogP contribution in [0.25, 0.3) is 11.1 Å². The van der Waals surface area contributed by atoms with Gasteiger partial charge in [0.15, 0.2) is 0 Å². The Labute approximate surface area is 187 Å². The number of carbonyl (C=O) groups excluding carboxylic acids is 2. The summed E-state index contributed by atoms with van der Waals surface area (Å²) in [5.41, 5.74) is 2.85. The summed E-state index contributed by atoms with van der Waals surface area (Å²) in [4.78, 5) is 36.2. The molecule has 1 fully saturated rings. The van der Waals surface area contributed by atoms with E-state index in [0.29, 0.717) is 12.8 Å². The summed E-state index contributed by atoms with van der Waals surface area (Å²) in [5, 5.41) is 14.6. The van der Waals surface area contributed by atoms with E-state index in [1.54, 1.807) is 13.8 Å². The Morgan fingerprint density at radius 1 is 1.00 bits per heavy atom. The van der Waals surface area contributed by atoms with Crippen molar-refractivity contribution in [1.82, 2.24) is 10.6 Å². The molecular weight excluding hydrogens is 408 g/mol. The van der Waals surface area contributed by atoms with Crippen LogP contribution in [-0.2, 0) is 14.3 Å². The van der Waals surface area contributed by atoms with Crippen molar-refractivity contribution in [1.29, 1.82) is 0 Å². The molecule has 0 bridgehead atoms. The zero-order chi connectivity index (χ0) is 22.9. The van der Waals surface area contributed by atoms with Crippen LogP contribution in [0.15, 0.2) is 48.5 Å². The van der Waals surface area contributed by atoms with E-state index in [2.05, 4.69) is 34.9 Å². The van der Waals surface area contributed by atoms with Crippen molar-refractivity contribution in [3.05, 3.63) is 59.7 Å². The number of carboxylic acids is 1. The molecule has 2 aliphatic carbocycles. The number of hydrogen-bond acceptors (Lipinski definition) is 4. The quantitative estimate of drug-likeness (QED) is 0.587. The Kier molecular flexibility index (Phi) is 5.67. The van der Waals surface area contributed by atoms with Crippen LogP contribution in [0.2, 0.25) is 0 Å².